The molecule has 0 heterocycles. The summed E-state index contributed by atoms with van der Waals surface area (Å²) in [7, 11) is 0.316. The zero-order chi connectivity index (χ0) is 9.40. The molecule has 0 aliphatic heterocycles. The second-order valence-electron chi connectivity index (χ2n) is 3.39. The Morgan fingerprint density at radius 2 is 1.50 bits per heavy atom. The standard InChI is InChI=1S/C10H21OP/c1-4-9(5-2)10(6-3)7-8-12-11/h9-10H,4-8H2,1-3H3. The van der Waals surface area contributed by atoms with E-state index in [4.69, 9.17) is 0 Å². The van der Waals surface area contributed by atoms with Gasteiger partial charge < -0.3 is 0 Å². The van der Waals surface area contributed by atoms with Crippen LogP contribution in [-0.4, -0.2) is 6.16 Å². The molecule has 0 rings (SSSR count). The Kier molecular flexibility index (Phi) is 7.80. The Bertz CT molecular complexity index is 110. The van der Waals surface area contributed by atoms with Crippen LogP contribution in [0.25, 0.3) is 0 Å². The van der Waals surface area contributed by atoms with E-state index in [0.29, 0.717) is 8.46 Å². The molecule has 0 aromatic carbocycles. The van der Waals surface area contributed by atoms with E-state index in [1.54, 1.807) is 0 Å². The van der Waals surface area contributed by atoms with E-state index in [0.717, 1.165) is 24.4 Å². The molecule has 0 saturated carbocycles. The van der Waals surface area contributed by atoms with E-state index in [-0.39, 0.29) is 0 Å². The zero-order valence-electron chi connectivity index (χ0n) is 8.55. The molecule has 0 amide bonds. The Morgan fingerprint density at radius 1 is 1.00 bits per heavy atom. The van der Waals surface area contributed by atoms with Crippen LogP contribution in [0.1, 0.15) is 46.5 Å². The van der Waals surface area contributed by atoms with Crippen LogP contribution in [0.2, 0.25) is 0 Å². The first-order valence-electron chi connectivity index (χ1n) is 5.09. The first kappa shape index (κ1) is 12.1. The molecule has 1 nitrogen and oxygen atoms in total. The highest BCUT2D eigenvalue weighted by Gasteiger charge is 2.15. The Balaban J connectivity index is 3.83. The summed E-state index contributed by atoms with van der Waals surface area (Å²) in [6, 6.07) is 0. The quantitative estimate of drug-likeness (QED) is 0.549. The van der Waals surface area contributed by atoms with Crippen LogP contribution in [0.15, 0.2) is 0 Å². The summed E-state index contributed by atoms with van der Waals surface area (Å²) in [4.78, 5) is 0. The van der Waals surface area contributed by atoms with Gasteiger partial charge in [0.1, 0.15) is 0 Å². The van der Waals surface area contributed by atoms with Crippen LogP contribution in [0, 0.1) is 11.8 Å². The molecule has 0 spiro atoms. The smallest absolute Gasteiger partial charge is 0.155 e. The van der Waals surface area contributed by atoms with Crippen molar-refractivity contribution < 1.29 is 4.57 Å². The minimum Gasteiger partial charge on any atom is -0.275 e. The second kappa shape index (κ2) is 7.73. The summed E-state index contributed by atoms with van der Waals surface area (Å²) in [6.45, 7) is 6.75. The molecule has 1 unspecified atom stereocenters. The van der Waals surface area contributed by atoms with Gasteiger partial charge in [-0.3, -0.25) is 4.57 Å². The highest BCUT2D eigenvalue weighted by Crippen LogP contribution is 2.26. The van der Waals surface area contributed by atoms with Gasteiger partial charge in [0.15, 0.2) is 8.46 Å². The van der Waals surface area contributed by atoms with Crippen molar-refractivity contribution in [2.45, 2.75) is 46.5 Å². The minimum atomic E-state index is 0.316. The maximum Gasteiger partial charge on any atom is 0.155 e. The Morgan fingerprint density at radius 3 is 1.83 bits per heavy atom. The van der Waals surface area contributed by atoms with Gasteiger partial charge in [-0.2, -0.15) is 0 Å². The van der Waals surface area contributed by atoms with Crippen LogP contribution in [0.4, 0.5) is 0 Å². The third kappa shape index (κ3) is 4.21. The predicted molar refractivity (Wildman–Crippen MR) is 54.9 cm³/mol. The van der Waals surface area contributed by atoms with Crippen LogP contribution < -0.4 is 0 Å². The van der Waals surface area contributed by atoms with Gasteiger partial charge >= 0.3 is 0 Å². The van der Waals surface area contributed by atoms with Crippen molar-refractivity contribution >= 4 is 8.46 Å². The molecule has 0 saturated heterocycles. The SMILES string of the molecule is CCC(CC)C(CC)CCP=O. The average molecular weight is 188 g/mol. The lowest BCUT2D eigenvalue weighted by molar-refractivity contribution is 0.296. The normalized spacial score (nSPS) is 14.0. The van der Waals surface area contributed by atoms with Crippen molar-refractivity contribution in [3.05, 3.63) is 0 Å². The van der Waals surface area contributed by atoms with Crippen molar-refractivity contribution in [3.63, 3.8) is 0 Å². The summed E-state index contributed by atoms with van der Waals surface area (Å²) >= 11 is 0. The number of hydrogen-bond donors (Lipinski definition) is 0. The van der Waals surface area contributed by atoms with Gasteiger partial charge in [0.05, 0.1) is 0 Å². The van der Waals surface area contributed by atoms with E-state index in [2.05, 4.69) is 20.8 Å². The van der Waals surface area contributed by atoms with Crippen LogP contribution in [0.5, 0.6) is 0 Å². The molecule has 1 atom stereocenters. The minimum absolute atomic E-state index is 0.316. The monoisotopic (exact) mass is 188 g/mol. The Hall–Kier alpha value is 0.100. The lowest BCUT2D eigenvalue weighted by atomic mass is 9.84. The average Bonchev–Trinajstić information content (AvgIpc) is 2.12. The van der Waals surface area contributed by atoms with E-state index in [1.807, 2.05) is 0 Å². The van der Waals surface area contributed by atoms with E-state index >= 15 is 0 Å². The second-order valence-corrected chi connectivity index (χ2v) is 4.09. The molecule has 0 aromatic heterocycles. The summed E-state index contributed by atoms with van der Waals surface area (Å²) in [5, 5.41) is 0. The molecular weight excluding hydrogens is 167 g/mol. The highest BCUT2D eigenvalue weighted by atomic mass is 31.1. The molecule has 0 aromatic rings. The maximum absolute atomic E-state index is 10.3. The first-order chi connectivity index (χ1) is 5.79. The summed E-state index contributed by atoms with van der Waals surface area (Å²) in [5.41, 5.74) is 0. The van der Waals surface area contributed by atoms with Crippen LogP contribution in [0.3, 0.4) is 0 Å². The third-order valence-corrected chi connectivity index (χ3v) is 3.27. The van der Waals surface area contributed by atoms with Gasteiger partial charge in [0.25, 0.3) is 0 Å². The van der Waals surface area contributed by atoms with Gasteiger partial charge in [0.2, 0.25) is 0 Å². The maximum atomic E-state index is 10.3. The molecule has 0 radical (unpaired) electrons. The number of rotatable bonds is 7. The van der Waals surface area contributed by atoms with Crippen molar-refractivity contribution in [1.29, 1.82) is 0 Å². The molecule has 0 aliphatic rings. The molecule has 0 aliphatic carbocycles. The largest absolute Gasteiger partial charge is 0.275 e. The van der Waals surface area contributed by atoms with Crippen LogP contribution in [-0.2, 0) is 4.57 Å². The van der Waals surface area contributed by atoms with Crippen molar-refractivity contribution in [2.24, 2.45) is 11.8 Å². The van der Waals surface area contributed by atoms with Crippen molar-refractivity contribution in [1.82, 2.24) is 0 Å². The lowest BCUT2D eigenvalue weighted by Gasteiger charge is -2.22. The molecule has 0 fully saturated rings. The Labute approximate surface area is 78.1 Å². The summed E-state index contributed by atoms with van der Waals surface area (Å²) < 4.78 is 10.3. The highest BCUT2D eigenvalue weighted by molar-refractivity contribution is 7.23. The van der Waals surface area contributed by atoms with Crippen LogP contribution >= 0.6 is 8.46 Å². The van der Waals surface area contributed by atoms with Gasteiger partial charge in [-0.1, -0.05) is 40.0 Å². The molecule has 72 valence electrons. The van der Waals surface area contributed by atoms with Crippen molar-refractivity contribution in [2.75, 3.05) is 6.16 Å². The topological polar surface area (TPSA) is 17.1 Å². The van der Waals surface area contributed by atoms with Gasteiger partial charge in [-0.25, -0.2) is 0 Å². The van der Waals surface area contributed by atoms with E-state index in [9.17, 15) is 4.57 Å². The molecular formula is C10H21OP. The van der Waals surface area contributed by atoms with Gasteiger partial charge in [0, 0.05) is 6.16 Å². The fourth-order valence-electron chi connectivity index (χ4n) is 1.95. The molecule has 0 N–H and O–H groups in total. The van der Waals surface area contributed by atoms with Gasteiger partial charge in [-0.15, -0.1) is 0 Å². The van der Waals surface area contributed by atoms with E-state index < -0.39 is 0 Å². The molecule has 12 heavy (non-hydrogen) atoms. The predicted octanol–water partition coefficient (Wildman–Crippen LogP) is 4.13. The fourth-order valence-corrected chi connectivity index (χ4v) is 2.38. The fraction of sp³-hybridized carbons (Fsp3) is 1.00. The number of hydrogen-bond acceptors (Lipinski definition) is 1. The van der Waals surface area contributed by atoms with E-state index in [1.165, 1.54) is 19.3 Å². The lowest BCUT2D eigenvalue weighted by Crippen LogP contribution is -2.13. The molecule has 2 heteroatoms. The first-order valence-corrected chi connectivity index (χ1v) is 6.08. The van der Waals surface area contributed by atoms with Crippen molar-refractivity contribution in [3.8, 4) is 0 Å². The summed E-state index contributed by atoms with van der Waals surface area (Å²) in [5.74, 6) is 1.64. The summed E-state index contributed by atoms with van der Waals surface area (Å²) in [6.07, 6.45) is 5.75. The van der Waals surface area contributed by atoms with Gasteiger partial charge in [-0.05, 0) is 18.3 Å². The zero-order valence-corrected chi connectivity index (χ0v) is 9.44. The molecule has 0 bridgehead atoms. The third-order valence-electron chi connectivity index (χ3n) is 2.83.